The van der Waals surface area contributed by atoms with Crippen LogP contribution < -0.4 is 0 Å². The number of hydrogen-bond donors (Lipinski definition) is 0. The molecule has 0 aromatic carbocycles. The maximum absolute atomic E-state index is 12.3. The monoisotopic (exact) mass is 195 g/mol. The van der Waals surface area contributed by atoms with Crippen LogP contribution in [0, 0.1) is 5.41 Å². The van der Waals surface area contributed by atoms with E-state index in [1.807, 2.05) is 0 Å². The number of amides is 1. The van der Waals surface area contributed by atoms with Crippen LogP contribution in [-0.4, -0.2) is 23.9 Å². The quantitative estimate of drug-likeness (QED) is 0.663. The van der Waals surface area contributed by atoms with E-state index in [4.69, 9.17) is 0 Å². The van der Waals surface area contributed by atoms with Crippen molar-refractivity contribution in [1.82, 2.24) is 4.90 Å². The molecule has 0 aromatic heterocycles. The van der Waals surface area contributed by atoms with E-state index in [1.165, 1.54) is 25.7 Å². The molecule has 14 heavy (non-hydrogen) atoms. The van der Waals surface area contributed by atoms with Crippen LogP contribution in [0.25, 0.3) is 0 Å². The first kappa shape index (κ1) is 10.0. The first-order valence-electron chi connectivity index (χ1n) is 6.08. The maximum atomic E-state index is 12.3. The Kier molecular flexibility index (Phi) is 2.80. The Morgan fingerprint density at radius 3 is 2.21 bits per heavy atom. The number of carbonyl (C=O) groups is 1. The summed E-state index contributed by atoms with van der Waals surface area (Å²) in [5, 5.41) is 0. The lowest BCUT2D eigenvalue weighted by Gasteiger charge is -2.31. The Balaban J connectivity index is 2.06. The van der Waals surface area contributed by atoms with Crippen LogP contribution in [-0.2, 0) is 4.79 Å². The van der Waals surface area contributed by atoms with Gasteiger partial charge in [-0.3, -0.25) is 4.79 Å². The van der Waals surface area contributed by atoms with Crippen molar-refractivity contribution in [1.29, 1.82) is 0 Å². The van der Waals surface area contributed by atoms with Crippen molar-refractivity contribution in [2.45, 2.75) is 51.9 Å². The molecular formula is C12H21NO. The normalized spacial score (nSPS) is 25.6. The molecular weight excluding hydrogens is 174 g/mol. The van der Waals surface area contributed by atoms with Crippen LogP contribution in [0.2, 0.25) is 0 Å². The van der Waals surface area contributed by atoms with Crippen LogP contribution in [0.4, 0.5) is 0 Å². The van der Waals surface area contributed by atoms with E-state index in [2.05, 4.69) is 11.8 Å². The van der Waals surface area contributed by atoms with E-state index in [-0.39, 0.29) is 5.41 Å². The van der Waals surface area contributed by atoms with Gasteiger partial charge in [0.1, 0.15) is 0 Å². The second-order valence-corrected chi connectivity index (χ2v) is 4.84. The van der Waals surface area contributed by atoms with Crippen molar-refractivity contribution in [3.05, 3.63) is 0 Å². The molecule has 1 saturated carbocycles. The van der Waals surface area contributed by atoms with Crippen molar-refractivity contribution in [3.63, 3.8) is 0 Å². The van der Waals surface area contributed by atoms with Crippen LogP contribution >= 0.6 is 0 Å². The van der Waals surface area contributed by atoms with Crippen LogP contribution in [0.5, 0.6) is 0 Å². The summed E-state index contributed by atoms with van der Waals surface area (Å²) in [6.45, 7) is 4.21. The van der Waals surface area contributed by atoms with Gasteiger partial charge in [-0.1, -0.05) is 19.8 Å². The third kappa shape index (κ3) is 1.55. The molecule has 1 aliphatic carbocycles. The van der Waals surface area contributed by atoms with Crippen LogP contribution in [0.3, 0.4) is 0 Å². The van der Waals surface area contributed by atoms with E-state index < -0.39 is 0 Å². The zero-order valence-corrected chi connectivity index (χ0v) is 9.22. The average Bonchev–Trinajstić information content (AvgIpc) is 2.89. The molecule has 2 nitrogen and oxygen atoms in total. The highest BCUT2D eigenvalue weighted by Gasteiger charge is 2.42. The molecule has 2 rings (SSSR count). The van der Waals surface area contributed by atoms with Gasteiger partial charge in [0, 0.05) is 18.5 Å². The highest BCUT2D eigenvalue weighted by atomic mass is 16.2. The molecule has 0 unspecified atom stereocenters. The Morgan fingerprint density at radius 2 is 1.71 bits per heavy atom. The number of likely N-dealkylation sites (tertiary alicyclic amines) is 1. The van der Waals surface area contributed by atoms with Crippen molar-refractivity contribution < 1.29 is 4.79 Å². The fraction of sp³-hybridized carbons (Fsp3) is 0.917. The van der Waals surface area contributed by atoms with Crippen molar-refractivity contribution in [2.75, 3.05) is 13.1 Å². The second kappa shape index (κ2) is 3.92. The molecule has 0 bridgehead atoms. The minimum atomic E-state index is 0.0460. The highest BCUT2D eigenvalue weighted by molar-refractivity contribution is 5.83. The largest absolute Gasteiger partial charge is 0.342 e. The summed E-state index contributed by atoms with van der Waals surface area (Å²) in [6.07, 6.45) is 8.26. The zero-order valence-electron chi connectivity index (χ0n) is 9.22. The molecule has 0 spiro atoms. The Morgan fingerprint density at radius 1 is 1.14 bits per heavy atom. The van der Waals surface area contributed by atoms with E-state index in [1.54, 1.807) is 0 Å². The minimum absolute atomic E-state index is 0.0460. The summed E-state index contributed by atoms with van der Waals surface area (Å²) >= 11 is 0. The molecule has 2 aliphatic rings. The molecule has 80 valence electrons. The molecule has 0 radical (unpaired) electrons. The molecule has 0 aromatic rings. The topological polar surface area (TPSA) is 20.3 Å². The van der Waals surface area contributed by atoms with Gasteiger partial charge >= 0.3 is 0 Å². The van der Waals surface area contributed by atoms with Crippen molar-refractivity contribution in [2.24, 2.45) is 5.41 Å². The second-order valence-electron chi connectivity index (χ2n) is 4.84. The van der Waals surface area contributed by atoms with Gasteiger partial charge in [-0.15, -0.1) is 0 Å². The summed E-state index contributed by atoms with van der Waals surface area (Å²) < 4.78 is 0. The van der Waals surface area contributed by atoms with E-state index in [9.17, 15) is 4.79 Å². The SMILES string of the molecule is CCC1(C(=O)N2CCCC2)CCCC1. The fourth-order valence-electron chi connectivity index (χ4n) is 3.03. The number of rotatable bonds is 2. The van der Waals surface area contributed by atoms with Gasteiger partial charge in [0.25, 0.3) is 0 Å². The van der Waals surface area contributed by atoms with Gasteiger partial charge in [0.05, 0.1) is 0 Å². The predicted molar refractivity (Wildman–Crippen MR) is 57.0 cm³/mol. The first-order chi connectivity index (χ1) is 6.78. The summed E-state index contributed by atoms with van der Waals surface area (Å²) in [5.41, 5.74) is 0.0460. The lowest BCUT2D eigenvalue weighted by Crippen LogP contribution is -2.40. The zero-order chi connectivity index (χ0) is 10.0. The molecule has 1 amide bonds. The van der Waals surface area contributed by atoms with Gasteiger partial charge in [-0.25, -0.2) is 0 Å². The molecule has 0 atom stereocenters. The van der Waals surface area contributed by atoms with Gasteiger partial charge in [0.15, 0.2) is 0 Å². The predicted octanol–water partition coefficient (Wildman–Crippen LogP) is 2.58. The van der Waals surface area contributed by atoms with Gasteiger partial charge in [-0.05, 0) is 32.1 Å². The summed E-state index contributed by atoms with van der Waals surface area (Å²) in [5.74, 6) is 0.468. The Hall–Kier alpha value is -0.530. The summed E-state index contributed by atoms with van der Waals surface area (Å²) in [6, 6.07) is 0. The third-order valence-corrected chi connectivity index (χ3v) is 4.08. The van der Waals surface area contributed by atoms with Crippen molar-refractivity contribution in [3.8, 4) is 0 Å². The van der Waals surface area contributed by atoms with E-state index >= 15 is 0 Å². The van der Waals surface area contributed by atoms with Gasteiger partial charge in [0.2, 0.25) is 5.91 Å². The lowest BCUT2D eigenvalue weighted by atomic mass is 9.82. The van der Waals surface area contributed by atoms with Gasteiger partial charge in [-0.2, -0.15) is 0 Å². The maximum Gasteiger partial charge on any atom is 0.228 e. The summed E-state index contributed by atoms with van der Waals surface area (Å²) in [7, 11) is 0. The summed E-state index contributed by atoms with van der Waals surface area (Å²) in [4.78, 5) is 14.4. The highest BCUT2D eigenvalue weighted by Crippen LogP contribution is 2.42. The van der Waals surface area contributed by atoms with Crippen molar-refractivity contribution >= 4 is 5.91 Å². The van der Waals surface area contributed by atoms with Gasteiger partial charge < -0.3 is 4.90 Å². The van der Waals surface area contributed by atoms with E-state index in [0.29, 0.717) is 5.91 Å². The Bertz CT molecular complexity index is 212. The van der Waals surface area contributed by atoms with Crippen LogP contribution in [0.1, 0.15) is 51.9 Å². The molecule has 1 heterocycles. The van der Waals surface area contributed by atoms with E-state index in [0.717, 1.165) is 32.4 Å². The molecule has 2 heteroatoms. The molecule has 0 N–H and O–H groups in total. The fourth-order valence-corrected chi connectivity index (χ4v) is 3.03. The Labute approximate surface area is 86.7 Å². The standard InChI is InChI=1S/C12H21NO/c1-2-12(7-3-4-8-12)11(14)13-9-5-6-10-13/h2-10H2,1H3. The minimum Gasteiger partial charge on any atom is -0.342 e. The average molecular weight is 195 g/mol. The number of carbonyl (C=O) groups excluding carboxylic acids is 1. The van der Waals surface area contributed by atoms with Crippen LogP contribution in [0.15, 0.2) is 0 Å². The smallest absolute Gasteiger partial charge is 0.228 e. The number of hydrogen-bond acceptors (Lipinski definition) is 1. The molecule has 1 aliphatic heterocycles. The number of nitrogens with zero attached hydrogens (tertiary/aromatic N) is 1. The third-order valence-electron chi connectivity index (χ3n) is 4.08. The first-order valence-corrected chi connectivity index (χ1v) is 6.08. The molecule has 2 fully saturated rings. The molecule has 1 saturated heterocycles. The lowest BCUT2D eigenvalue weighted by molar-refractivity contribution is -0.141.